The molecule has 0 aliphatic rings. The fraction of sp³-hybridized carbons (Fsp3) is 0.214. The molecule has 2 rings (SSSR count). The van der Waals surface area contributed by atoms with Crippen LogP contribution in [0.3, 0.4) is 0 Å². The number of benzene rings is 1. The van der Waals surface area contributed by atoms with Crippen molar-refractivity contribution in [2.45, 2.75) is 12.7 Å². The minimum atomic E-state index is -4.74. The van der Waals surface area contributed by atoms with Gasteiger partial charge in [0.15, 0.2) is 5.76 Å². The Bertz CT molecular complexity index is 550. The Morgan fingerprint density at radius 3 is 2.35 bits per heavy atom. The lowest BCUT2D eigenvalue weighted by Crippen LogP contribution is -2.43. The van der Waals surface area contributed by atoms with Crippen molar-refractivity contribution in [2.75, 3.05) is 6.54 Å². The van der Waals surface area contributed by atoms with Crippen molar-refractivity contribution < 1.29 is 22.4 Å². The monoisotopic (exact) mass is 283 g/mol. The maximum absolute atomic E-state index is 12.9. The van der Waals surface area contributed by atoms with Crippen LogP contribution in [-0.2, 0) is 6.42 Å². The number of amides is 1. The van der Waals surface area contributed by atoms with Crippen LogP contribution in [0.2, 0.25) is 0 Å². The molecular formula is C14H12F3NO2. The molecule has 0 spiro atoms. The predicted molar refractivity (Wildman–Crippen MR) is 65.9 cm³/mol. The van der Waals surface area contributed by atoms with Gasteiger partial charge in [-0.3, -0.25) is 4.79 Å². The molecule has 1 aromatic carbocycles. The number of furan rings is 1. The number of halogens is 3. The molecule has 2 aromatic rings. The molecule has 0 bridgehead atoms. The minimum Gasteiger partial charge on any atom is -0.459 e. The van der Waals surface area contributed by atoms with Gasteiger partial charge in [-0.2, -0.15) is 0 Å². The third-order valence-electron chi connectivity index (χ3n) is 2.75. The summed E-state index contributed by atoms with van der Waals surface area (Å²) in [5.74, 6) is -1.51. The fourth-order valence-electron chi connectivity index (χ4n) is 1.76. The molecule has 1 heterocycles. The summed E-state index contributed by atoms with van der Waals surface area (Å²) in [6.07, 6.45) is -3.45. The van der Waals surface area contributed by atoms with Crippen LogP contribution in [0.25, 0.3) is 0 Å². The van der Waals surface area contributed by atoms with Crippen LogP contribution in [0.4, 0.5) is 13.2 Å². The maximum Gasteiger partial charge on any atom is 0.487 e. The highest BCUT2D eigenvalue weighted by molar-refractivity contribution is 5.91. The van der Waals surface area contributed by atoms with E-state index in [2.05, 4.69) is 0 Å². The number of rotatable bonds is 4. The summed E-state index contributed by atoms with van der Waals surface area (Å²) < 4.78 is 43.5. The molecular weight excluding hydrogens is 271 g/mol. The van der Waals surface area contributed by atoms with E-state index in [0.29, 0.717) is 0 Å². The number of hydrogen-bond acceptors (Lipinski definition) is 2. The van der Waals surface area contributed by atoms with Gasteiger partial charge in [0.05, 0.1) is 6.26 Å². The summed E-state index contributed by atoms with van der Waals surface area (Å²) in [5.41, 5.74) is 0.731. The number of alkyl halides is 3. The Morgan fingerprint density at radius 2 is 1.80 bits per heavy atom. The fourth-order valence-corrected chi connectivity index (χ4v) is 1.76. The van der Waals surface area contributed by atoms with E-state index < -0.39 is 18.8 Å². The summed E-state index contributed by atoms with van der Waals surface area (Å²) in [7, 11) is 0. The van der Waals surface area contributed by atoms with E-state index in [1.54, 1.807) is 30.3 Å². The van der Waals surface area contributed by atoms with E-state index in [0.717, 1.165) is 5.56 Å². The van der Waals surface area contributed by atoms with Crippen molar-refractivity contribution in [3.05, 3.63) is 60.1 Å². The Labute approximate surface area is 113 Å². The van der Waals surface area contributed by atoms with Gasteiger partial charge < -0.3 is 4.42 Å². The topological polar surface area (TPSA) is 33.5 Å². The molecule has 0 radical (unpaired) electrons. The molecule has 1 aromatic heterocycles. The molecule has 1 amide bonds. The smallest absolute Gasteiger partial charge is 0.459 e. The Hall–Kier alpha value is -2.24. The van der Waals surface area contributed by atoms with Crippen molar-refractivity contribution in [3.63, 3.8) is 0 Å². The molecule has 6 heteroatoms. The lowest BCUT2D eigenvalue weighted by Gasteiger charge is -2.24. The van der Waals surface area contributed by atoms with Gasteiger partial charge in [0.2, 0.25) is 0 Å². The molecule has 106 valence electrons. The summed E-state index contributed by atoms with van der Waals surface area (Å²) in [6, 6.07) is 11.3. The van der Waals surface area contributed by atoms with Crippen molar-refractivity contribution in [3.8, 4) is 0 Å². The van der Waals surface area contributed by atoms with Crippen LogP contribution in [-0.4, -0.2) is 23.7 Å². The standard InChI is InChI=1S/C14H12F3NO2/c15-14(16,17)18(13(19)12-7-4-10-20-12)9-8-11-5-2-1-3-6-11/h1-7,10H,8-9H2. The maximum atomic E-state index is 12.9. The molecule has 3 nitrogen and oxygen atoms in total. The van der Waals surface area contributed by atoms with Crippen LogP contribution >= 0.6 is 0 Å². The number of carbonyl (C=O) groups excluding carboxylic acids is 1. The van der Waals surface area contributed by atoms with Gasteiger partial charge >= 0.3 is 6.30 Å². The second-order valence-electron chi connectivity index (χ2n) is 4.14. The van der Waals surface area contributed by atoms with E-state index in [1.807, 2.05) is 0 Å². The van der Waals surface area contributed by atoms with Crippen molar-refractivity contribution in [1.29, 1.82) is 0 Å². The van der Waals surface area contributed by atoms with Gasteiger partial charge in [-0.1, -0.05) is 30.3 Å². The second kappa shape index (κ2) is 5.81. The van der Waals surface area contributed by atoms with E-state index in [1.165, 1.54) is 18.4 Å². The Morgan fingerprint density at radius 1 is 1.10 bits per heavy atom. The zero-order chi connectivity index (χ0) is 14.6. The molecule has 0 fully saturated rings. The first-order chi connectivity index (χ1) is 9.48. The first-order valence-electron chi connectivity index (χ1n) is 5.94. The molecule has 0 unspecified atom stereocenters. The van der Waals surface area contributed by atoms with Gasteiger partial charge in [0.25, 0.3) is 5.91 Å². The summed E-state index contributed by atoms with van der Waals surface area (Å²) in [6.45, 7) is -0.451. The minimum absolute atomic E-state index is 0.118. The molecule has 0 aliphatic carbocycles. The van der Waals surface area contributed by atoms with Gasteiger partial charge in [-0.15, -0.1) is 13.2 Å². The number of nitrogens with zero attached hydrogens (tertiary/aromatic N) is 1. The molecule has 0 N–H and O–H groups in total. The van der Waals surface area contributed by atoms with E-state index in [9.17, 15) is 18.0 Å². The highest BCUT2D eigenvalue weighted by Crippen LogP contribution is 2.24. The highest BCUT2D eigenvalue weighted by atomic mass is 19.4. The third kappa shape index (κ3) is 3.40. The van der Waals surface area contributed by atoms with Crippen LogP contribution < -0.4 is 0 Å². The van der Waals surface area contributed by atoms with Gasteiger partial charge in [0.1, 0.15) is 0 Å². The lowest BCUT2D eigenvalue weighted by molar-refractivity contribution is -0.224. The molecule has 0 saturated heterocycles. The van der Waals surface area contributed by atoms with Crippen molar-refractivity contribution in [1.82, 2.24) is 4.90 Å². The average Bonchev–Trinajstić information content (AvgIpc) is 2.92. The van der Waals surface area contributed by atoms with Gasteiger partial charge in [0, 0.05) is 6.54 Å². The van der Waals surface area contributed by atoms with Crippen molar-refractivity contribution >= 4 is 5.91 Å². The van der Waals surface area contributed by atoms with Crippen molar-refractivity contribution in [2.24, 2.45) is 0 Å². The van der Waals surface area contributed by atoms with Crippen LogP contribution in [0.5, 0.6) is 0 Å². The molecule has 20 heavy (non-hydrogen) atoms. The summed E-state index contributed by atoms with van der Waals surface area (Å²) >= 11 is 0. The lowest BCUT2D eigenvalue weighted by atomic mass is 10.1. The van der Waals surface area contributed by atoms with E-state index in [4.69, 9.17) is 4.42 Å². The van der Waals surface area contributed by atoms with Crippen LogP contribution in [0.15, 0.2) is 53.1 Å². The molecule has 0 aliphatic heterocycles. The van der Waals surface area contributed by atoms with E-state index in [-0.39, 0.29) is 17.1 Å². The first kappa shape index (κ1) is 14.2. The van der Waals surface area contributed by atoms with Crippen LogP contribution in [0.1, 0.15) is 16.1 Å². The van der Waals surface area contributed by atoms with Gasteiger partial charge in [-0.05, 0) is 24.1 Å². The molecule has 0 atom stereocenters. The average molecular weight is 283 g/mol. The predicted octanol–water partition coefficient (Wildman–Crippen LogP) is 3.48. The van der Waals surface area contributed by atoms with Gasteiger partial charge in [-0.25, -0.2) is 4.90 Å². The first-order valence-corrected chi connectivity index (χ1v) is 5.94. The Balaban J connectivity index is 2.11. The summed E-state index contributed by atoms with van der Waals surface area (Å²) in [4.78, 5) is 11.6. The highest BCUT2D eigenvalue weighted by Gasteiger charge is 2.41. The second-order valence-corrected chi connectivity index (χ2v) is 4.14. The SMILES string of the molecule is O=C(c1ccco1)N(CCc1ccccc1)C(F)(F)F. The largest absolute Gasteiger partial charge is 0.487 e. The molecule has 0 saturated carbocycles. The third-order valence-corrected chi connectivity index (χ3v) is 2.75. The zero-order valence-corrected chi connectivity index (χ0v) is 10.4. The number of carbonyl (C=O) groups is 1. The number of hydrogen-bond donors (Lipinski definition) is 0. The summed E-state index contributed by atoms with van der Waals surface area (Å²) in [5, 5.41) is 0. The van der Waals surface area contributed by atoms with Crippen LogP contribution in [0, 0.1) is 0 Å². The quantitative estimate of drug-likeness (QED) is 0.805. The zero-order valence-electron chi connectivity index (χ0n) is 10.4. The normalized spacial score (nSPS) is 11.3. The Kier molecular flexibility index (Phi) is 4.12. The van der Waals surface area contributed by atoms with E-state index >= 15 is 0 Å².